The molecular weight excluding hydrogens is 390 g/mol. The summed E-state index contributed by atoms with van der Waals surface area (Å²) in [4.78, 5) is 12.7. The first-order valence-electron chi connectivity index (χ1n) is 9.19. The topological polar surface area (TPSA) is 56.8 Å². The van der Waals surface area contributed by atoms with E-state index >= 15 is 0 Å². The van der Waals surface area contributed by atoms with Crippen LogP contribution < -0.4 is 19.5 Å². The number of anilines is 1. The number of para-hydroxylation sites is 1. The van der Waals surface area contributed by atoms with Gasteiger partial charge in [-0.05, 0) is 55.5 Å². The smallest absolute Gasteiger partial charge is 0.255 e. The maximum Gasteiger partial charge on any atom is 0.255 e. The van der Waals surface area contributed by atoms with E-state index in [1.165, 1.54) is 0 Å². The average Bonchev–Trinajstić information content (AvgIpc) is 2.74. The molecule has 0 saturated carbocycles. The summed E-state index contributed by atoms with van der Waals surface area (Å²) in [7, 11) is 1.54. The molecule has 6 heteroatoms. The highest BCUT2D eigenvalue weighted by Crippen LogP contribution is 2.28. The fourth-order valence-corrected chi connectivity index (χ4v) is 3.01. The van der Waals surface area contributed by atoms with E-state index in [4.69, 9.17) is 25.8 Å². The number of hydrogen-bond donors (Lipinski definition) is 1. The van der Waals surface area contributed by atoms with E-state index in [1.807, 2.05) is 37.3 Å². The molecule has 150 valence electrons. The molecule has 0 heterocycles. The predicted octanol–water partition coefficient (Wildman–Crippen LogP) is 5.58. The van der Waals surface area contributed by atoms with Gasteiger partial charge in [0, 0.05) is 16.8 Å². The second kappa shape index (κ2) is 9.85. The number of nitrogens with one attached hydrogen (secondary N) is 1. The molecule has 0 bridgehead atoms. The normalized spacial score (nSPS) is 10.3. The van der Waals surface area contributed by atoms with Gasteiger partial charge in [0.15, 0.2) is 0 Å². The van der Waals surface area contributed by atoms with Crippen molar-refractivity contribution in [3.63, 3.8) is 0 Å². The van der Waals surface area contributed by atoms with Crippen molar-refractivity contribution >= 4 is 23.2 Å². The van der Waals surface area contributed by atoms with E-state index in [-0.39, 0.29) is 12.5 Å². The lowest BCUT2D eigenvalue weighted by atomic mass is 10.1. The summed E-state index contributed by atoms with van der Waals surface area (Å²) < 4.78 is 16.6. The summed E-state index contributed by atoms with van der Waals surface area (Å²) in [6.07, 6.45) is 0. The van der Waals surface area contributed by atoms with Gasteiger partial charge in [0.1, 0.15) is 23.9 Å². The summed E-state index contributed by atoms with van der Waals surface area (Å²) in [5.74, 6) is 1.73. The van der Waals surface area contributed by atoms with Crippen LogP contribution in [0.4, 0.5) is 5.69 Å². The number of halogens is 1. The zero-order valence-corrected chi connectivity index (χ0v) is 17.0. The van der Waals surface area contributed by atoms with Gasteiger partial charge in [-0.1, -0.05) is 29.8 Å². The largest absolute Gasteiger partial charge is 0.495 e. The fraction of sp³-hybridized carbons (Fsp3) is 0.174. The molecule has 0 aliphatic rings. The summed E-state index contributed by atoms with van der Waals surface area (Å²) in [6, 6.07) is 19.8. The van der Waals surface area contributed by atoms with E-state index in [9.17, 15) is 4.79 Å². The van der Waals surface area contributed by atoms with Gasteiger partial charge in [0.2, 0.25) is 0 Å². The zero-order valence-electron chi connectivity index (χ0n) is 16.3. The second-order valence-corrected chi connectivity index (χ2v) is 6.57. The van der Waals surface area contributed by atoms with E-state index in [2.05, 4.69) is 5.32 Å². The SMILES string of the molecule is CCOc1ccc(C(=O)Nc2ccc(OC)c(Cl)c2)cc1COc1ccccc1. The number of hydrogen-bond acceptors (Lipinski definition) is 4. The van der Waals surface area contributed by atoms with Crippen LogP contribution in [0.5, 0.6) is 17.2 Å². The predicted molar refractivity (Wildman–Crippen MR) is 114 cm³/mol. The van der Waals surface area contributed by atoms with Gasteiger partial charge in [0.25, 0.3) is 5.91 Å². The third-order valence-electron chi connectivity index (χ3n) is 4.17. The van der Waals surface area contributed by atoms with E-state index in [0.29, 0.717) is 34.4 Å². The first-order valence-corrected chi connectivity index (χ1v) is 9.57. The molecular formula is C23H22ClNO4. The van der Waals surface area contributed by atoms with Crippen LogP contribution >= 0.6 is 11.6 Å². The number of carbonyl (C=O) groups excluding carboxylic acids is 1. The van der Waals surface area contributed by atoms with Crippen LogP contribution in [0, 0.1) is 0 Å². The molecule has 0 fully saturated rings. The third-order valence-corrected chi connectivity index (χ3v) is 4.47. The molecule has 5 nitrogen and oxygen atoms in total. The lowest BCUT2D eigenvalue weighted by Gasteiger charge is -2.14. The van der Waals surface area contributed by atoms with Gasteiger partial charge in [0.05, 0.1) is 18.7 Å². The van der Waals surface area contributed by atoms with Crippen LogP contribution in [0.2, 0.25) is 5.02 Å². The lowest BCUT2D eigenvalue weighted by molar-refractivity contribution is 0.102. The van der Waals surface area contributed by atoms with Gasteiger partial charge in [-0.3, -0.25) is 4.79 Å². The molecule has 0 radical (unpaired) electrons. The first kappa shape index (κ1) is 20.6. The molecule has 0 saturated heterocycles. The highest BCUT2D eigenvalue weighted by atomic mass is 35.5. The Kier molecular flexibility index (Phi) is 6.98. The number of rotatable bonds is 8. The molecule has 0 aliphatic heterocycles. The van der Waals surface area contributed by atoms with E-state index in [0.717, 1.165) is 11.3 Å². The fourth-order valence-electron chi connectivity index (χ4n) is 2.76. The van der Waals surface area contributed by atoms with Crippen LogP contribution in [0.1, 0.15) is 22.8 Å². The number of amides is 1. The van der Waals surface area contributed by atoms with Crippen LogP contribution in [0.3, 0.4) is 0 Å². The van der Waals surface area contributed by atoms with Crippen molar-refractivity contribution in [2.75, 3.05) is 19.0 Å². The number of methoxy groups -OCH3 is 1. The Morgan fingerprint density at radius 1 is 0.966 bits per heavy atom. The molecule has 0 atom stereocenters. The molecule has 29 heavy (non-hydrogen) atoms. The lowest BCUT2D eigenvalue weighted by Crippen LogP contribution is -2.13. The highest BCUT2D eigenvalue weighted by molar-refractivity contribution is 6.32. The summed E-state index contributed by atoms with van der Waals surface area (Å²) in [5, 5.41) is 3.27. The van der Waals surface area contributed by atoms with E-state index < -0.39 is 0 Å². The quantitative estimate of drug-likeness (QED) is 0.525. The van der Waals surface area contributed by atoms with E-state index in [1.54, 1.807) is 43.5 Å². The van der Waals surface area contributed by atoms with Crippen LogP contribution in [-0.4, -0.2) is 19.6 Å². The molecule has 3 rings (SSSR count). The average molecular weight is 412 g/mol. The van der Waals surface area contributed by atoms with Crippen molar-refractivity contribution in [1.29, 1.82) is 0 Å². The Hall–Kier alpha value is -3.18. The summed E-state index contributed by atoms with van der Waals surface area (Å²) in [5.41, 5.74) is 1.86. The van der Waals surface area contributed by atoms with Crippen molar-refractivity contribution in [3.05, 3.63) is 82.9 Å². The van der Waals surface area contributed by atoms with Gasteiger partial charge in [-0.2, -0.15) is 0 Å². The van der Waals surface area contributed by atoms with Crippen molar-refractivity contribution in [2.45, 2.75) is 13.5 Å². The second-order valence-electron chi connectivity index (χ2n) is 6.16. The molecule has 3 aromatic rings. The number of ether oxygens (including phenoxy) is 3. The summed E-state index contributed by atoms with van der Waals surface area (Å²) >= 11 is 6.13. The Bertz CT molecular complexity index is 976. The van der Waals surface area contributed by atoms with Crippen molar-refractivity contribution < 1.29 is 19.0 Å². The Labute approximate surface area is 175 Å². The van der Waals surface area contributed by atoms with Gasteiger partial charge in [-0.25, -0.2) is 0 Å². The number of benzene rings is 3. The molecule has 1 amide bonds. The first-order chi connectivity index (χ1) is 14.1. The Morgan fingerprint density at radius 2 is 1.72 bits per heavy atom. The van der Waals surface area contributed by atoms with Crippen LogP contribution in [0.15, 0.2) is 66.7 Å². The minimum atomic E-state index is -0.254. The summed E-state index contributed by atoms with van der Waals surface area (Å²) in [6.45, 7) is 2.72. The molecule has 3 aromatic carbocycles. The molecule has 0 aromatic heterocycles. The molecule has 0 unspecified atom stereocenters. The minimum absolute atomic E-state index is 0.254. The third kappa shape index (κ3) is 5.42. The Balaban J connectivity index is 1.77. The maximum atomic E-state index is 12.7. The number of carbonyl (C=O) groups is 1. The van der Waals surface area contributed by atoms with Gasteiger partial charge < -0.3 is 19.5 Å². The standard InChI is InChI=1S/C23H22ClNO4/c1-3-28-21-11-9-16(13-17(21)15-29-19-7-5-4-6-8-19)23(26)25-18-10-12-22(27-2)20(24)14-18/h4-14H,3,15H2,1-2H3,(H,25,26). The molecule has 0 aliphatic carbocycles. The van der Waals surface area contributed by atoms with Crippen molar-refractivity contribution in [2.24, 2.45) is 0 Å². The zero-order chi connectivity index (χ0) is 20.6. The van der Waals surface area contributed by atoms with Gasteiger partial charge in [-0.15, -0.1) is 0 Å². The van der Waals surface area contributed by atoms with Crippen LogP contribution in [0.25, 0.3) is 0 Å². The van der Waals surface area contributed by atoms with Gasteiger partial charge >= 0.3 is 0 Å². The van der Waals surface area contributed by atoms with Crippen LogP contribution in [-0.2, 0) is 6.61 Å². The van der Waals surface area contributed by atoms with Crippen molar-refractivity contribution in [3.8, 4) is 17.2 Å². The molecule has 1 N–H and O–H groups in total. The van der Waals surface area contributed by atoms with Crippen molar-refractivity contribution in [1.82, 2.24) is 0 Å². The monoisotopic (exact) mass is 411 g/mol. The maximum absolute atomic E-state index is 12.7. The minimum Gasteiger partial charge on any atom is -0.495 e. The highest BCUT2D eigenvalue weighted by Gasteiger charge is 2.13. The molecule has 0 spiro atoms. The Morgan fingerprint density at radius 3 is 2.41 bits per heavy atom.